The van der Waals surface area contributed by atoms with Crippen molar-refractivity contribution in [3.63, 3.8) is 0 Å². The minimum Gasteiger partial charge on any atom is -0.350 e. The van der Waals surface area contributed by atoms with Crippen molar-refractivity contribution in [3.8, 4) is 0 Å². The van der Waals surface area contributed by atoms with Gasteiger partial charge in [0.1, 0.15) is 6.04 Å². The maximum atomic E-state index is 11.8. The molecule has 1 aliphatic heterocycles. The number of nitrogens with one attached hydrogen (secondary N) is 2. The van der Waals surface area contributed by atoms with Gasteiger partial charge in [0, 0.05) is 12.3 Å². The monoisotopic (exact) mass is 250 g/mol. The molecule has 1 unspecified atom stereocenters. The molecule has 0 radical (unpaired) electrons. The number of carbonyl (C=O) groups is 2. The first-order chi connectivity index (χ1) is 8.25. The number of hydrogen-bond donors (Lipinski definition) is 2. The SMILES string of the molecule is O=C1CSCC(C(=O)NCc2ccccc2)N1. The van der Waals surface area contributed by atoms with Gasteiger partial charge in [0.15, 0.2) is 0 Å². The summed E-state index contributed by atoms with van der Waals surface area (Å²) < 4.78 is 0. The first-order valence-electron chi connectivity index (χ1n) is 5.44. The summed E-state index contributed by atoms with van der Waals surface area (Å²) in [5, 5.41) is 5.50. The van der Waals surface area contributed by atoms with Crippen LogP contribution in [-0.2, 0) is 16.1 Å². The molecule has 1 fully saturated rings. The molecule has 1 aromatic carbocycles. The molecule has 0 bridgehead atoms. The van der Waals surface area contributed by atoms with Crippen LogP contribution in [0.3, 0.4) is 0 Å². The molecule has 2 rings (SSSR count). The minimum atomic E-state index is -0.398. The van der Waals surface area contributed by atoms with E-state index in [0.29, 0.717) is 18.1 Å². The van der Waals surface area contributed by atoms with Crippen LogP contribution in [0.15, 0.2) is 30.3 Å². The molecule has 1 aliphatic rings. The maximum absolute atomic E-state index is 11.8. The highest BCUT2D eigenvalue weighted by molar-refractivity contribution is 8.00. The van der Waals surface area contributed by atoms with Gasteiger partial charge in [-0.3, -0.25) is 9.59 Å². The molecule has 0 aromatic heterocycles. The fraction of sp³-hybridized carbons (Fsp3) is 0.333. The second-order valence-electron chi connectivity index (χ2n) is 3.84. The third-order valence-corrected chi connectivity index (χ3v) is 3.51. The summed E-state index contributed by atoms with van der Waals surface area (Å²) in [6.07, 6.45) is 0. The number of carbonyl (C=O) groups excluding carboxylic acids is 2. The Balaban J connectivity index is 1.83. The summed E-state index contributed by atoms with van der Waals surface area (Å²) in [7, 11) is 0. The highest BCUT2D eigenvalue weighted by Crippen LogP contribution is 2.08. The lowest BCUT2D eigenvalue weighted by Gasteiger charge is -2.22. The van der Waals surface area contributed by atoms with Gasteiger partial charge in [-0.05, 0) is 5.56 Å². The Morgan fingerprint density at radius 3 is 2.88 bits per heavy atom. The van der Waals surface area contributed by atoms with Gasteiger partial charge in [0.2, 0.25) is 11.8 Å². The molecular weight excluding hydrogens is 236 g/mol. The van der Waals surface area contributed by atoms with Gasteiger partial charge < -0.3 is 10.6 Å². The highest BCUT2D eigenvalue weighted by atomic mass is 32.2. The van der Waals surface area contributed by atoms with E-state index in [1.54, 1.807) is 0 Å². The molecule has 0 spiro atoms. The molecule has 0 saturated carbocycles. The smallest absolute Gasteiger partial charge is 0.243 e. The number of benzene rings is 1. The first-order valence-corrected chi connectivity index (χ1v) is 6.60. The van der Waals surface area contributed by atoms with Gasteiger partial charge >= 0.3 is 0 Å². The van der Waals surface area contributed by atoms with Crippen LogP contribution in [0, 0.1) is 0 Å². The molecule has 1 heterocycles. The zero-order chi connectivity index (χ0) is 12.1. The lowest BCUT2D eigenvalue weighted by Crippen LogP contribution is -2.51. The highest BCUT2D eigenvalue weighted by Gasteiger charge is 2.24. The van der Waals surface area contributed by atoms with Crippen molar-refractivity contribution in [2.24, 2.45) is 0 Å². The van der Waals surface area contributed by atoms with Crippen LogP contribution in [-0.4, -0.2) is 29.4 Å². The van der Waals surface area contributed by atoms with Crippen LogP contribution in [0.5, 0.6) is 0 Å². The maximum Gasteiger partial charge on any atom is 0.243 e. The van der Waals surface area contributed by atoms with E-state index in [2.05, 4.69) is 10.6 Å². The second-order valence-corrected chi connectivity index (χ2v) is 4.87. The average molecular weight is 250 g/mol. The fourth-order valence-corrected chi connectivity index (χ4v) is 2.45. The van der Waals surface area contributed by atoms with Crippen molar-refractivity contribution in [2.75, 3.05) is 11.5 Å². The van der Waals surface area contributed by atoms with E-state index >= 15 is 0 Å². The standard InChI is InChI=1S/C12H14N2O2S/c15-11-8-17-7-10(14-11)12(16)13-6-9-4-2-1-3-5-9/h1-5,10H,6-8H2,(H,13,16)(H,14,15). The van der Waals surface area contributed by atoms with E-state index in [1.165, 1.54) is 11.8 Å². The summed E-state index contributed by atoms with van der Waals surface area (Å²) in [5.41, 5.74) is 1.05. The topological polar surface area (TPSA) is 58.2 Å². The Morgan fingerprint density at radius 1 is 1.41 bits per heavy atom. The molecule has 4 nitrogen and oxygen atoms in total. The van der Waals surface area contributed by atoms with Crippen molar-refractivity contribution in [3.05, 3.63) is 35.9 Å². The van der Waals surface area contributed by atoms with Crippen LogP contribution < -0.4 is 10.6 Å². The largest absolute Gasteiger partial charge is 0.350 e. The van der Waals surface area contributed by atoms with Crippen LogP contribution in [0.1, 0.15) is 5.56 Å². The fourth-order valence-electron chi connectivity index (χ4n) is 1.60. The van der Waals surface area contributed by atoms with Gasteiger partial charge in [-0.25, -0.2) is 0 Å². The van der Waals surface area contributed by atoms with Gasteiger partial charge in [0.25, 0.3) is 0 Å². The number of rotatable bonds is 3. The summed E-state index contributed by atoms with van der Waals surface area (Å²) in [5.74, 6) is 0.907. The molecule has 1 atom stereocenters. The van der Waals surface area contributed by atoms with E-state index in [0.717, 1.165) is 5.56 Å². The Hall–Kier alpha value is -1.49. The Morgan fingerprint density at radius 2 is 2.18 bits per heavy atom. The molecule has 1 saturated heterocycles. The third-order valence-electron chi connectivity index (χ3n) is 2.48. The number of thioether (sulfide) groups is 1. The van der Waals surface area contributed by atoms with Gasteiger partial charge in [-0.15, -0.1) is 11.8 Å². The average Bonchev–Trinajstić information content (AvgIpc) is 2.37. The predicted molar refractivity (Wildman–Crippen MR) is 67.5 cm³/mol. The van der Waals surface area contributed by atoms with Crippen LogP contribution in [0.4, 0.5) is 0 Å². The molecule has 0 aliphatic carbocycles. The van der Waals surface area contributed by atoms with Crippen LogP contribution in [0.25, 0.3) is 0 Å². The molecule has 2 N–H and O–H groups in total. The zero-order valence-corrected chi connectivity index (χ0v) is 10.1. The molecule has 5 heteroatoms. The van der Waals surface area contributed by atoms with Crippen LogP contribution in [0.2, 0.25) is 0 Å². The van der Waals surface area contributed by atoms with Crippen molar-refractivity contribution < 1.29 is 9.59 Å². The first kappa shape index (κ1) is 12.0. The van der Waals surface area contributed by atoms with Crippen molar-refractivity contribution in [1.82, 2.24) is 10.6 Å². The lowest BCUT2D eigenvalue weighted by molar-refractivity contribution is -0.127. The molecule has 1 aromatic rings. The summed E-state index contributed by atoms with van der Waals surface area (Å²) >= 11 is 1.49. The number of hydrogen-bond acceptors (Lipinski definition) is 3. The molecule has 2 amide bonds. The van der Waals surface area contributed by atoms with E-state index in [9.17, 15) is 9.59 Å². The quantitative estimate of drug-likeness (QED) is 0.823. The Kier molecular flexibility index (Phi) is 4.03. The Labute approximate surface area is 104 Å². The molecule has 90 valence electrons. The third kappa shape index (κ3) is 3.49. The molecular formula is C12H14N2O2S. The summed E-state index contributed by atoms with van der Waals surface area (Å²) in [4.78, 5) is 22.9. The summed E-state index contributed by atoms with van der Waals surface area (Å²) in [6, 6.07) is 9.30. The van der Waals surface area contributed by atoms with Crippen molar-refractivity contribution >= 4 is 23.6 Å². The van der Waals surface area contributed by atoms with E-state index < -0.39 is 6.04 Å². The van der Waals surface area contributed by atoms with E-state index in [-0.39, 0.29) is 11.8 Å². The lowest BCUT2D eigenvalue weighted by atomic mass is 10.2. The van der Waals surface area contributed by atoms with Crippen LogP contribution >= 0.6 is 11.8 Å². The van der Waals surface area contributed by atoms with Gasteiger partial charge in [-0.2, -0.15) is 0 Å². The normalized spacial score (nSPS) is 19.5. The van der Waals surface area contributed by atoms with Crippen molar-refractivity contribution in [2.45, 2.75) is 12.6 Å². The zero-order valence-electron chi connectivity index (χ0n) is 9.31. The van der Waals surface area contributed by atoms with E-state index in [1.807, 2.05) is 30.3 Å². The molecule has 17 heavy (non-hydrogen) atoms. The van der Waals surface area contributed by atoms with Gasteiger partial charge in [0.05, 0.1) is 5.75 Å². The minimum absolute atomic E-state index is 0.0684. The predicted octanol–water partition coefficient (Wildman–Crippen LogP) is 0.534. The van der Waals surface area contributed by atoms with E-state index in [4.69, 9.17) is 0 Å². The number of amides is 2. The van der Waals surface area contributed by atoms with Gasteiger partial charge in [-0.1, -0.05) is 30.3 Å². The van der Waals surface area contributed by atoms with Crippen molar-refractivity contribution in [1.29, 1.82) is 0 Å². The second kappa shape index (κ2) is 5.72. The Bertz CT molecular complexity index is 408. The summed E-state index contributed by atoms with van der Waals surface area (Å²) in [6.45, 7) is 0.497.